The van der Waals surface area contributed by atoms with Crippen LogP contribution in [0.3, 0.4) is 0 Å². The van der Waals surface area contributed by atoms with Gasteiger partial charge >= 0.3 is 0 Å². The highest BCUT2D eigenvalue weighted by Gasteiger charge is 2.18. The van der Waals surface area contributed by atoms with E-state index < -0.39 is 9.84 Å². The van der Waals surface area contributed by atoms with E-state index in [0.717, 1.165) is 15.1 Å². The van der Waals surface area contributed by atoms with Crippen molar-refractivity contribution in [2.45, 2.75) is 23.6 Å². The van der Waals surface area contributed by atoms with Crippen LogP contribution in [0.2, 0.25) is 0 Å². The molecule has 2 aromatic heterocycles. The molecule has 0 unspecified atom stereocenters. The summed E-state index contributed by atoms with van der Waals surface area (Å²) < 4.78 is 24.5. The fourth-order valence-corrected chi connectivity index (χ4v) is 4.35. The number of rotatable bonds is 4. The minimum absolute atomic E-state index is 0.00984. The molecule has 10 heteroatoms. The predicted octanol–water partition coefficient (Wildman–Crippen LogP) is 5.70. The lowest BCUT2D eigenvalue weighted by molar-refractivity contribution is 0.597. The largest absolute Gasteiger partial charge is 0.360 e. The molecule has 0 N–H and O–H groups in total. The van der Waals surface area contributed by atoms with Gasteiger partial charge in [-0.15, -0.1) is 21.7 Å². The molecule has 6 nitrogen and oxygen atoms in total. The van der Waals surface area contributed by atoms with Gasteiger partial charge in [0.2, 0.25) is 0 Å². The molecule has 2 rings (SSSR count). The van der Waals surface area contributed by atoms with Gasteiger partial charge < -0.3 is 9.69 Å². The number of pyridine rings is 2. The number of sulfone groups is 1. The SMILES string of the molecule is [C-]#[N+]c1ncc(Br)cc1S(=O)(=O)CC.[C-]#[N+]c1ncc(Br)cc1SCC. The lowest BCUT2D eigenvalue weighted by Gasteiger charge is -2.02. The predicted molar refractivity (Wildman–Crippen MR) is 111 cm³/mol. The van der Waals surface area contributed by atoms with Gasteiger partial charge in [-0.05, 0) is 49.7 Å². The molecule has 0 bridgehead atoms. The molecule has 0 fully saturated rings. The Bertz CT molecular complexity index is 967. The zero-order valence-corrected chi connectivity index (χ0v) is 18.7. The summed E-state index contributed by atoms with van der Waals surface area (Å²) in [6, 6.07) is 3.33. The van der Waals surface area contributed by atoms with Gasteiger partial charge in [-0.2, -0.15) is 0 Å². The van der Waals surface area contributed by atoms with Crippen molar-refractivity contribution in [2.75, 3.05) is 11.5 Å². The van der Waals surface area contributed by atoms with Gasteiger partial charge in [0.05, 0.1) is 19.6 Å². The van der Waals surface area contributed by atoms with Crippen LogP contribution in [-0.2, 0) is 9.84 Å². The van der Waals surface area contributed by atoms with Gasteiger partial charge in [0.1, 0.15) is 12.4 Å². The maximum Gasteiger partial charge on any atom is 0.288 e. The van der Waals surface area contributed by atoms with Gasteiger partial charge in [-0.1, -0.05) is 27.0 Å². The van der Waals surface area contributed by atoms with Crippen LogP contribution in [0.5, 0.6) is 0 Å². The fraction of sp³-hybridized carbons (Fsp3) is 0.250. The summed E-state index contributed by atoms with van der Waals surface area (Å²) in [5.74, 6) is 1.34. The zero-order chi connectivity index (χ0) is 19.7. The molecular weight excluding hydrogens is 504 g/mol. The summed E-state index contributed by atoms with van der Waals surface area (Å²) in [6.07, 6.45) is 3.05. The second-order valence-electron chi connectivity index (χ2n) is 4.51. The van der Waals surface area contributed by atoms with Crippen LogP contribution in [0.25, 0.3) is 9.69 Å². The second kappa shape index (κ2) is 10.6. The van der Waals surface area contributed by atoms with Gasteiger partial charge in [0, 0.05) is 4.90 Å². The highest BCUT2D eigenvalue weighted by atomic mass is 79.9. The quantitative estimate of drug-likeness (QED) is 0.384. The van der Waals surface area contributed by atoms with Crippen molar-refractivity contribution in [1.82, 2.24) is 9.97 Å². The summed E-state index contributed by atoms with van der Waals surface area (Å²) in [4.78, 5) is 15.1. The Balaban J connectivity index is 0.000000263. The van der Waals surface area contributed by atoms with Crippen LogP contribution in [0.1, 0.15) is 13.8 Å². The fourth-order valence-electron chi connectivity index (χ4n) is 1.64. The number of hydrogen-bond acceptors (Lipinski definition) is 5. The van der Waals surface area contributed by atoms with Crippen LogP contribution in [0.15, 0.2) is 43.3 Å². The van der Waals surface area contributed by atoms with Crippen LogP contribution in [-0.4, -0.2) is 29.9 Å². The summed E-state index contributed by atoms with van der Waals surface area (Å²) in [6.45, 7) is 17.2. The third-order valence-corrected chi connectivity index (χ3v) is 6.32. The van der Waals surface area contributed by atoms with E-state index in [9.17, 15) is 8.42 Å². The highest BCUT2D eigenvalue weighted by Crippen LogP contribution is 2.29. The van der Waals surface area contributed by atoms with E-state index in [1.807, 2.05) is 6.07 Å². The zero-order valence-electron chi connectivity index (χ0n) is 13.9. The Morgan fingerprint density at radius 2 is 1.58 bits per heavy atom. The lowest BCUT2D eigenvalue weighted by atomic mass is 10.5. The Morgan fingerprint density at radius 1 is 1.04 bits per heavy atom. The molecule has 0 spiro atoms. The first-order chi connectivity index (χ1) is 12.3. The van der Waals surface area contributed by atoms with E-state index >= 15 is 0 Å². The van der Waals surface area contributed by atoms with E-state index in [1.54, 1.807) is 18.0 Å². The number of halogens is 2. The van der Waals surface area contributed by atoms with E-state index in [1.165, 1.54) is 19.2 Å². The molecule has 0 saturated carbocycles. The van der Waals surface area contributed by atoms with Gasteiger partial charge in [-0.3, -0.25) is 0 Å². The number of aromatic nitrogens is 2. The van der Waals surface area contributed by atoms with Crippen molar-refractivity contribution in [3.63, 3.8) is 0 Å². The Hall–Kier alpha value is -1.46. The van der Waals surface area contributed by atoms with Crippen molar-refractivity contribution < 1.29 is 8.42 Å². The maximum atomic E-state index is 11.5. The molecule has 2 aromatic rings. The summed E-state index contributed by atoms with van der Waals surface area (Å²) in [7, 11) is -3.37. The van der Waals surface area contributed by atoms with Crippen molar-refractivity contribution in [3.05, 3.63) is 56.3 Å². The van der Waals surface area contributed by atoms with Crippen LogP contribution in [0, 0.1) is 13.1 Å². The molecule has 0 saturated heterocycles. The van der Waals surface area contributed by atoms with Crippen LogP contribution in [0.4, 0.5) is 11.6 Å². The molecule has 26 heavy (non-hydrogen) atoms. The van der Waals surface area contributed by atoms with Crippen LogP contribution < -0.4 is 0 Å². The summed E-state index contributed by atoms with van der Waals surface area (Å²) >= 11 is 8.07. The Morgan fingerprint density at radius 3 is 2.08 bits per heavy atom. The molecule has 0 aromatic carbocycles. The molecule has 0 aliphatic carbocycles. The average molecular weight is 518 g/mol. The first-order valence-electron chi connectivity index (χ1n) is 7.20. The van der Waals surface area contributed by atoms with E-state index in [4.69, 9.17) is 13.1 Å². The number of nitrogens with zero attached hydrogens (tertiary/aromatic N) is 4. The smallest absolute Gasteiger partial charge is 0.288 e. The van der Waals surface area contributed by atoms with Crippen molar-refractivity contribution in [2.24, 2.45) is 0 Å². The minimum atomic E-state index is -3.37. The van der Waals surface area contributed by atoms with Crippen molar-refractivity contribution >= 4 is 65.1 Å². The third-order valence-electron chi connectivity index (χ3n) is 2.83. The Labute approximate surface area is 174 Å². The molecule has 0 atom stereocenters. The summed E-state index contributed by atoms with van der Waals surface area (Å²) in [5, 5.41) is 0. The molecular formula is C16H14Br2N4O2S2. The number of hydrogen-bond donors (Lipinski definition) is 0. The maximum absolute atomic E-state index is 11.5. The summed E-state index contributed by atoms with van der Waals surface area (Å²) in [5.41, 5.74) is 0. The van der Waals surface area contributed by atoms with Crippen LogP contribution >= 0.6 is 43.6 Å². The van der Waals surface area contributed by atoms with E-state index in [0.29, 0.717) is 10.3 Å². The molecule has 0 aliphatic rings. The first-order valence-corrected chi connectivity index (χ1v) is 11.4. The van der Waals surface area contributed by atoms with Gasteiger partial charge in [0.15, 0.2) is 9.84 Å². The second-order valence-corrected chi connectivity index (χ2v) is 9.89. The van der Waals surface area contributed by atoms with Crippen molar-refractivity contribution in [1.29, 1.82) is 0 Å². The molecule has 0 aliphatic heterocycles. The first kappa shape index (κ1) is 22.6. The molecule has 136 valence electrons. The standard InChI is InChI=1S/C8H7BrN2O2S.C8H7BrN2S/c1-3-14(12,13)7-4-6(9)5-11-8(7)10-2;1-3-12-7-4-6(9)5-11-8(7)10-2/h4-5H,3H2,1H3;4-5H,3H2,1H3. The molecule has 2 heterocycles. The number of thioether (sulfide) groups is 1. The van der Waals surface area contributed by atoms with Crippen molar-refractivity contribution in [3.8, 4) is 0 Å². The highest BCUT2D eigenvalue weighted by molar-refractivity contribution is 9.10. The van der Waals surface area contributed by atoms with Gasteiger partial charge in [-0.25, -0.2) is 8.42 Å². The monoisotopic (exact) mass is 516 g/mol. The lowest BCUT2D eigenvalue weighted by Crippen LogP contribution is -2.04. The average Bonchev–Trinajstić information content (AvgIpc) is 2.63. The Kier molecular flexibility index (Phi) is 9.23. The minimum Gasteiger partial charge on any atom is -0.360 e. The molecule has 0 radical (unpaired) electrons. The topological polar surface area (TPSA) is 68.6 Å². The van der Waals surface area contributed by atoms with E-state index in [-0.39, 0.29) is 16.5 Å². The van der Waals surface area contributed by atoms with E-state index in [2.05, 4.69) is 58.4 Å². The normalized spacial score (nSPS) is 10.2. The molecule has 0 amide bonds. The van der Waals surface area contributed by atoms with Gasteiger partial charge in [0.25, 0.3) is 11.6 Å². The third kappa shape index (κ3) is 6.36.